The molecule has 2 atom stereocenters. The quantitative estimate of drug-likeness (QED) is 0.541. The number of hydrogen-bond acceptors (Lipinski definition) is 5. The molecule has 0 heterocycles. The molecule has 25 heavy (non-hydrogen) atoms. The number of aromatic hydroxyl groups is 1. The number of phenols is 1. The van der Waals surface area contributed by atoms with Crippen LogP contribution in [-0.4, -0.2) is 47.2 Å². The Morgan fingerprint density at radius 3 is 2.48 bits per heavy atom. The molecule has 7 heteroatoms. The van der Waals surface area contributed by atoms with E-state index in [0.29, 0.717) is 17.7 Å². The van der Waals surface area contributed by atoms with Gasteiger partial charge in [-0.15, -0.1) is 12.4 Å². The maximum atomic E-state index is 13.3. The smallest absolute Gasteiger partial charge is 0.165 e. The van der Waals surface area contributed by atoms with E-state index in [1.54, 1.807) is 18.2 Å². The summed E-state index contributed by atoms with van der Waals surface area (Å²) in [4.78, 5) is 0. The van der Waals surface area contributed by atoms with Crippen LogP contribution in [0, 0.1) is 5.82 Å². The van der Waals surface area contributed by atoms with Gasteiger partial charge >= 0.3 is 0 Å². The van der Waals surface area contributed by atoms with Gasteiger partial charge in [-0.1, -0.05) is 24.3 Å². The Kier molecular flexibility index (Phi) is 9.23. The molecule has 0 unspecified atom stereocenters. The molecule has 0 spiro atoms. The van der Waals surface area contributed by atoms with E-state index < -0.39 is 17.7 Å². The molecule has 0 aliphatic rings. The number of ether oxygens (including phenoxy) is 1. The van der Waals surface area contributed by atoms with Crippen molar-refractivity contribution in [2.75, 3.05) is 19.8 Å². The van der Waals surface area contributed by atoms with Gasteiger partial charge in [0.25, 0.3) is 0 Å². The van der Waals surface area contributed by atoms with Crippen molar-refractivity contribution in [2.24, 2.45) is 0 Å². The predicted octanol–water partition coefficient (Wildman–Crippen LogP) is 1.89. The van der Waals surface area contributed by atoms with Crippen LogP contribution in [0.4, 0.5) is 4.39 Å². The second-order valence-corrected chi connectivity index (χ2v) is 5.56. The van der Waals surface area contributed by atoms with Gasteiger partial charge in [0.2, 0.25) is 0 Å². The molecule has 138 valence electrons. The second-order valence-electron chi connectivity index (χ2n) is 5.56. The topological polar surface area (TPSA) is 82.0 Å². The summed E-state index contributed by atoms with van der Waals surface area (Å²) in [5.41, 5.74) is 0.645. The van der Waals surface area contributed by atoms with Crippen LogP contribution in [0.25, 0.3) is 0 Å². The van der Waals surface area contributed by atoms with Crippen molar-refractivity contribution in [3.63, 3.8) is 0 Å². The zero-order valence-corrected chi connectivity index (χ0v) is 14.5. The number of halogens is 2. The lowest BCUT2D eigenvalue weighted by Crippen LogP contribution is -2.41. The number of nitrogens with one attached hydrogen (secondary N) is 1. The molecule has 0 aliphatic heterocycles. The molecule has 0 saturated carbocycles. The van der Waals surface area contributed by atoms with Crippen LogP contribution in [0.5, 0.6) is 11.5 Å². The Balaban J connectivity index is 0.00000312. The first kappa shape index (κ1) is 21.2. The predicted molar refractivity (Wildman–Crippen MR) is 95.8 cm³/mol. The standard InChI is InChI=1S/C18H22FNO4.ClH/c19-17-9-13(6-7-18(17)23)8-14(11-21)20-10-15(22)12-24-16-4-2-1-3-5-16;/h1-7,9,14-15,20-23H,8,10-12H2;1H/t14-,15-;/m0./s1. The third-order valence-electron chi connectivity index (χ3n) is 3.54. The molecule has 2 aromatic carbocycles. The Morgan fingerprint density at radius 2 is 1.84 bits per heavy atom. The Hall–Kier alpha value is -1.86. The second kappa shape index (κ2) is 10.9. The van der Waals surface area contributed by atoms with Crippen molar-refractivity contribution in [2.45, 2.75) is 18.6 Å². The summed E-state index contributed by atoms with van der Waals surface area (Å²) in [5, 5.41) is 31.6. The van der Waals surface area contributed by atoms with E-state index in [0.717, 1.165) is 0 Å². The van der Waals surface area contributed by atoms with Crippen molar-refractivity contribution in [3.05, 3.63) is 59.9 Å². The Labute approximate surface area is 152 Å². The zero-order valence-electron chi connectivity index (χ0n) is 13.6. The van der Waals surface area contributed by atoms with E-state index in [1.165, 1.54) is 12.1 Å². The van der Waals surface area contributed by atoms with Crippen LogP contribution < -0.4 is 10.1 Å². The van der Waals surface area contributed by atoms with Gasteiger partial charge in [0, 0.05) is 12.6 Å². The minimum atomic E-state index is -0.740. The van der Waals surface area contributed by atoms with Gasteiger partial charge in [-0.2, -0.15) is 0 Å². The fourth-order valence-corrected chi connectivity index (χ4v) is 2.23. The van der Waals surface area contributed by atoms with Gasteiger partial charge < -0.3 is 25.4 Å². The summed E-state index contributed by atoms with van der Waals surface area (Å²) < 4.78 is 18.8. The van der Waals surface area contributed by atoms with E-state index in [2.05, 4.69) is 5.32 Å². The number of phenolic OH excluding ortho intramolecular Hbond substituents is 1. The van der Waals surface area contributed by atoms with Crippen molar-refractivity contribution in [1.82, 2.24) is 5.32 Å². The first-order chi connectivity index (χ1) is 11.6. The molecule has 2 aromatic rings. The number of benzene rings is 2. The molecule has 0 radical (unpaired) electrons. The molecular weight excluding hydrogens is 349 g/mol. The highest BCUT2D eigenvalue weighted by atomic mass is 35.5. The molecule has 0 aromatic heterocycles. The number of aliphatic hydroxyl groups is 2. The van der Waals surface area contributed by atoms with Crippen molar-refractivity contribution < 1.29 is 24.4 Å². The minimum Gasteiger partial charge on any atom is -0.505 e. The number of para-hydroxylation sites is 1. The van der Waals surface area contributed by atoms with Crippen LogP contribution in [0.15, 0.2) is 48.5 Å². The first-order valence-electron chi connectivity index (χ1n) is 7.76. The maximum Gasteiger partial charge on any atom is 0.165 e. The van der Waals surface area contributed by atoms with E-state index in [-0.39, 0.29) is 38.2 Å². The van der Waals surface area contributed by atoms with Crippen LogP contribution >= 0.6 is 12.4 Å². The van der Waals surface area contributed by atoms with Gasteiger partial charge in [-0.25, -0.2) is 4.39 Å². The van der Waals surface area contributed by atoms with Crippen LogP contribution in [0.1, 0.15) is 5.56 Å². The molecule has 4 N–H and O–H groups in total. The summed E-state index contributed by atoms with van der Waals surface area (Å²) >= 11 is 0. The summed E-state index contributed by atoms with van der Waals surface area (Å²) in [6.45, 7) is 0.205. The SMILES string of the molecule is Cl.OC[C@H](Cc1ccc(O)c(F)c1)NC[C@H](O)COc1ccccc1. The zero-order chi connectivity index (χ0) is 17.4. The monoisotopic (exact) mass is 371 g/mol. The van der Waals surface area contributed by atoms with Crippen LogP contribution in [0.2, 0.25) is 0 Å². The molecule has 5 nitrogen and oxygen atoms in total. The lowest BCUT2D eigenvalue weighted by molar-refractivity contribution is 0.0997. The third-order valence-corrected chi connectivity index (χ3v) is 3.54. The lowest BCUT2D eigenvalue weighted by Gasteiger charge is -2.19. The van der Waals surface area contributed by atoms with E-state index in [1.807, 2.05) is 18.2 Å². The summed E-state index contributed by atoms with van der Waals surface area (Å²) in [5.74, 6) is -0.420. The fraction of sp³-hybridized carbons (Fsp3) is 0.333. The number of rotatable bonds is 9. The van der Waals surface area contributed by atoms with Gasteiger partial charge in [0.05, 0.1) is 6.61 Å². The highest BCUT2D eigenvalue weighted by Gasteiger charge is 2.13. The van der Waals surface area contributed by atoms with Crippen molar-refractivity contribution in [1.29, 1.82) is 0 Å². The average molecular weight is 372 g/mol. The molecule has 0 amide bonds. The number of hydrogen-bond donors (Lipinski definition) is 4. The van der Waals surface area contributed by atoms with E-state index >= 15 is 0 Å². The highest BCUT2D eigenvalue weighted by molar-refractivity contribution is 5.85. The molecule has 2 rings (SSSR count). The first-order valence-corrected chi connectivity index (χ1v) is 7.76. The molecule has 0 saturated heterocycles. The van der Waals surface area contributed by atoms with Crippen molar-refractivity contribution >= 4 is 12.4 Å². The largest absolute Gasteiger partial charge is 0.505 e. The summed E-state index contributed by atoms with van der Waals surface area (Å²) in [7, 11) is 0. The van der Waals surface area contributed by atoms with Gasteiger partial charge in [0.15, 0.2) is 11.6 Å². The fourth-order valence-electron chi connectivity index (χ4n) is 2.23. The van der Waals surface area contributed by atoms with Gasteiger partial charge in [0.1, 0.15) is 18.5 Å². The maximum absolute atomic E-state index is 13.3. The molecule has 0 bridgehead atoms. The molecule has 0 fully saturated rings. The Morgan fingerprint density at radius 1 is 1.12 bits per heavy atom. The van der Waals surface area contributed by atoms with Crippen molar-refractivity contribution in [3.8, 4) is 11.5 Å². The summed E-state index contributed by atoms with van der Waals surface area (Å²) in [6.07, 6.45) is -0.365. The summed E-state index contributed by atoms with van der Waals surface area (Å²) in [6, 6.07) is 12.9. The van der Waals surface area contributed by atoms with E-state index in [9.17, 15) is 19.7 Å². The Bertz CT molecular complexity index is 630. The minimum absolute atomic E-state index is 0. The third kappa shape index (κ3) is 7.27. The number of aliphatic hydroxyl groups excluding tert-OH is 2. The van der Waals surface area contributed by atoms with E-state index in [4.69, 9.17) is 4.74 Å². The van der Waals surface area contributed by atoms with Gasteiger partial charge in [-0.05, 0) is 36.2 Å². The average Bonchev–Trinajstić information content (AvgIpc) is 2.60. The van der Waals surface area contributed by atoms with Crippen LogP contribution in [-0.2, 0) is 6.42 Å². The molecule has 0 aliphatic carbocycles. The molecular formula is C18H23ClFNO4. The van der Waals surface area contributed by atoms with Gasteiger partial charge in [-0.3, -0.25) is 0 Å². The van der Waals surface area contributed by atoms with Crippen LogP contribution in [0.3, 0.4) is 0 Å². The highest BCUT2D eigenvalue weighted by Crippen LogP contribution is 2.17. The normalized spacial score (nSPS) is 12.9. The lowest BCUT2D eigenvalue weighted by atomic mass is 10.1.